The minimum absolute atomic E-state index is 0.00465. The molecule has 0 aromatic heterocycles. The van der Waals surface area contributed by atoms with E-state index in [9.17, 15) is 0 Å². The molecular weight excluding hydrogens is 715 g/mol. The molecule has 9 aromatic rings. The molecular formula is C57H43NO. The third kappa shape index (κ3) is 5.62. The first kappa shape index (κ1) is 35.0. The molecule has 1 aliphatic heterocycles. The van der Waals surface area contributed by atoms with Gasteiger partial charge in [-0.15, -0.1) is 0 Å². The Hall–Kier alpha value is -7.16. The molecule has 282 valence electrons. The Labute approximate surface area is 345 Å². The molecule has 2 heteroatoms. The van der Waals surface area contributed by atoms with Crippen LogP contribution in [0.25, 0.3) is 60.8 Å². The van der Waals surface area contributed by atoms with Crippen LogP contribution in [0.1, 0.15) is 42.0 Å². The maximum absolute atomic E-state index is 7.13. The second-order valence-electron chi connectivity index (χ2n) is 15.9. The van der Waals surface area contributed by atoms with Gasteiger partial charge in [-0.3, -0.25) is 0 Å². The predicted octanol–water partition coefficient (Wildman–Crippen LogP) is 13.5. The van der Waals surface area contributed by atoms with E-state index in [2.05, 4.69) is 207 Å². The van der Waals surface area contributed by atoms with Gasteiger partial charge in [-0.05, 0) is 137 Å². The van der Waals surface area contributed by atoms with Crippen molar-refractivity contribution in [3.63, 3.8) is 0 Å². The summed E-state index contributed by atoms with van der Waals surface area (Å²) >= 11 is 0. The molecule has 0 saturated carbocycles. The zero-order chi connectivity index (χ0) is 39.6. The first-order valence-electron chi connectivity index (χ1n) is 20.8. The van der Waals surface area contributed by atoms with Crippen molar-refractivity contribution in [2.24, 2.45) is 0 Å². The number of rotatable bonds is 7. The van der Waals surface area contributed by atoms with Crippen molar-refractivity contribution in [3.05, 3.63) is 221 Å². The lowest BCUT2D eigenvalue weighted by atomic mass is 9.83. The van der Waals surface area contributed by atoms with Crippen molar-refractivity contribution < 1.29 is 4.74 Å². The molecule has 0 bridgehead atoms. The smallest absolute Gasteiger partial charge is 0.148 e. The van der Waals surface area contributed by atoms with E-state index in [-0.39, 0.29) is 12.0 Å². The third-order valence-corrected chi connectivity index (χ3v) is 12.6. The van der Waals surface area contributed by atoms with Crippen molar-refractivity contribution in [3.8, 4) is 5.75 Å². The highest BCUT2D eigenvalue weighted by Gasteiger charge is 2.37. The Kier molecular flexibility index (Phi) is 8.34. The molecule has 0 amide bonds. The summed E-state index contributed by atoms with van der Waals surface area (Å²) in [4.78, 5) is 2.35. The van der Waals surface area contributed by atoms with Crippen LogP contribution in [0.15, 0.2) is 188 Å². The highest BCUT2D eigenvalue weighted by molar-refractivity contribution is 6.24. The van der Waals surface area contributed by atoms with Gasteiger partial charge in [0.25, 0.3) is 0 Å². The van der Waals surface area contributed by atoms with E-state index in [0.29, 0.717) is 0 Å². The molecule has 0 radical (unpaired) electrons. The molecule has 1 aliphatic carbocycles. The van der Waals surface area contributed by atoms with Crippen LogP contribution in [0.4, 0.5) is 17.1 Å². The quantitative estimate of drug-likeness (QED) is 0.150. The van der Waals surface area contributed by atoms with Gasteiger partial charge in [0, 0.05) is 22.9 Å². The lowest BCUT2D eigenvalue weighted by Crippen LogP contribution is -2.27. The van der Waals surface area contributed by atoms with Gasteiger partial charge in [-0.25, -0.2) is 0 Å². The van der Waals surface area contributed by atoms with Gasteiger partial charge >= 0.3 is 0 Å². The molecule has 2 aliphatic rings. The average molecular weight is 758 g/mol. The summed E-state index contributed by atoms with van der Waals surface area (Å²) in [6.07, 6.45) is 12.2. The maximum atomic E-state index is 7.13. The van der Waals surface area contributed by atoms with Crippen LogP contribution in [0, 0.1) is 0 Å². The van der Waals surface area contributed by atoms with E-state index in [1.165, 1.54) is 65.4 Å². The van der Waals surface area contributed by atoms with Crippen molar-refractivity contribution in [1.29, 1.82) is 0 Å². The number of ether oxygens (including phenoxy) is 1. The summed E-state index contributed by atoms with van der Waals surface area (Å²) in [5.74, 6) is 0.917. The molecule has 0 fully saturated rings. The first-order chi connectivity index (χ1) is 29.1. The summed E-state index contributed by atoms with van der Waals surface area (Å²) in [6, 6.07) is 57.5. The third-order valence-electron chi connectivity index (χ3n) is 12.6. The molecule has 0 saturated heterocycles. The monoisotopic (exact) mass is 757 g/mol. The zero-order valence-corrected chi connectivity index (χ0v) is 33.3. The fraction of sp³-hybridized carbons (Fsp3) is 0.0877. The van der Waals surface area contributed by atoms with Gasteiger partial charge in [-0.1, -0.05) is 159 Å². The normalized spacial score (nSPS) is 16.5. The summed E-state index contributed by atoms with van der Waals surface area (Å²) in [5, 5.41) is 12.4. The standard InChI is InChI=1S/C57H43NO/c1-4-14-47(46-29-25-38-16-12-15-37(5-2)54(38)36(46)3)43-34-51-50-33-42(48-30-26-41-24-23-39-17-13-18-40-27-31-49(48)56(41)55(39)40)28-32-53(50)59-57(51)52(35-43)58(44-19-8-6-9-20-44)45-21-10-7-11-22-45/h4,6-35,50,53H,3,5H2,1-2H3/b14-4-,47-46+. The number of para-hydroxylation sites is 2. The second kappa shape index (κ2) is 14.0. The van der Waals surface area contributed by atoms with Crippen molar-refractivity contribution in [2.45, 2.75) is 32.3 Å². The number of aryl methyl sites for hydroxylation is 1. The SMILES string of the molecule is C=c1/c(=C(\C=C/C)c2cc3c(c(N(c4ccccc4)c4ccccc4)c2)OC2C=CC(c4ccc5ccc6cccc7ccc4c5c67)=CC32)ccc2cccc(CC)c12. The van der Waals surface area contributed by atoms with Gasteiger partial charge in [0.2, 0.25) is 0 Å². The van der Waals surface area contributed by atoms with Gasteiger partial charge in [0.1, 0.15) is 11.9 Å². The second-order valence-corrected chi connectivity index (χ2v) is 15.9. The molecule has 2 atom stereocenters. The van der Waals surface area contributed by atoms with E-state index >= 15 is 0 Å². The number of benzene rings is 9. The Morgan fingerprint density at radius 3 is 2.03 bits per heavy atom. The van der Waals surface area contributed by atoms with Gasteiger partial charge in [-0.2, -0.15) is 0 Å². The minimum atomic E-state index is -0.141. The Morgan fingerprint density at radius 2 is 1.32 bits per heavy atom. The summed E-state index contributed by atoms with van der Waals surface area (Å²) in [5.41, 5.74) is 10.4. The first-order valence-corrected chi connectivity index (χ1v) is 20.8. The van der Waals surface area contributed by atoms with E-state index in [0.717, 1.165) is 50.8 Å². The molecule has 0 spiro atoms. The minimum Gasteiger partial charge on any atom is -0.483 e. The van der Waals surface area contributed by atoms with Crippen molar-refractivity contribution in [2.75, 3.05) is 4.90 Å². The van der Waals surface area contributed by atoms with Crippen LogP contribution in [0.2, 0.25) is 0 Å². The highest BCUT2D eigenvalue weighted by Crippen LogP contribution is 2.52. The fourth-order valence-corrected chi connectivity index (χ4v) is 9.85. The van der Waals surface area contributed by atoms with Gasteiger partial charge < -0.3 is 9.64 Å². The van der Waals surface area contributed by atoms with Crippen LogP contribution in [0.5, 0.6) is 5.75 Å². The van der Waals surface area contributed by atoms with E-state index < -0.39 is 0 Å². The molecule has 9 aromatic carbocycles. The molecule has 0 N–H and O–H groups in total. The van der Waals surface area contributed by atoms with Crippen molar-refractivity contribution in [1.82, 2.24) is 0 Å². The molecule has 2 unspecified atom stereocenters. The Balaban J connectivity index is 1.17. The Bertz CT molecular complexity index is 3260. The molecule has 59 heavy (non-hydrogen) atoms. The summed E-state index contributed by atoms with van der Waals surface area (Å²) in [7, 11) is 0. The topological polar surface area (TPSA) is 12.5 Å². The van der Waals surface area contributed by atoms with Gasteiger partial charge in [0.15, 0.2) is 0 Å². The van der Waals surface area contributed by atoms with E-state index in [4.69, 9.17) is 11.3 Å². The number of fused-ring (bicyclic) bond motifs is 4. The largest absolute Gasteiger partial charge is 0.483 e. The average Bonchev–Trinajstić information content (AvgIpc) is 3.66. The number of anilines is 3. The van der Waals surface area contributed by atoms with Crippen LogP contribution >= 0.6 is 0 Å². The highest BCUT2D eigenvalue weighted by atomic mass is 16.5. The predicted molar refractivity (Wildman–Crippen MR) is 251 cm³/mol. The van der Waals surface area contributed by atoms with E-state index in [1.54, 1.807) is 0 Å². The fourth-order valence-electron chi connectivity index (χ4n) is 9.85. The summed E-state index contributed by atoms with van der Waals surface area (Å²) in [6.45, 7) is 9.10. The number of hydrogen-bond donors (Lipinski definition) is 0. The number of hydrogen-bond acceptors (Lipinski definition) is 2. The van der Waals surface area contributed by atoms with Crippen LogP contribution in [-0.2, 0) is 6.42 Å². The lowest BCUT2D eigenvalue weighted by molar-refractivity contribution is 0.270. The van der Waals surface area contributed by atoms with Crippen molar-refractivity contribution >= 4 is 77.9 Å². The maximum Gasteiger partial charge on any atom is 0.148 e. The molecule has 1 heterocycles. The summed E-state index contributed by atoms with van der Waals surface area (Å²) < 4.78 is 7.13. The number of nitrogens with zero attached hydrogens (tertiary/aromatic N) is 1. The van der Waals surface area contributed by atoms with Crippen LogP contribution in [-0.4, -0.2) is 6.10 Å². The van der Waals surface area contributed by atoms with Gasteiger partial charge in [0.05, 0.1) is 5.69 Å². The lowest BCUT2D eigenvalue weighted by Gasteiger charge is -2.28. The van der Waals surface area contributed by atoms with Crippen LogP contribution in [0.3, 0.4) is 0 Å². The zero-order valence-electron chi connectivity index (χ0n) is 33.3. The van der Waals surface area contributed by atoms with E-state index in [1.807, 2.05) is 0 Å². The molecule has 2 nitrogen and oxygen atoms in total. The number of allylic oxidation sites excluding steroid dienone is 4. The Morgan fingerprint density at radius 1 is 0.678 bits per heavy atom. The van der Waals surface area contributed by atoms with Crippen LogP contribution < -0.4 is 20.1 Å². The molecule has 11 rings (SSSR count).